The van der Waals surface area contributed by atoms with Crippen molar-refractivity contribution in [3.05, 3.63) is 29.9 Å². The summed E-state index contributed by atoms with van der Waals surface area (Å²) in [6.07, 6.45) is 4.60. The van der Waals surface area contributed by atoms with Crippen molar-refractivity contribution in [2.24, 2.45) is 0 Å². The molecule has 0 radical (unpaired) electrons. The van der Waals surface area contributed by atoms with Crippen molar-refractivity contribution in [2.45, 2.75) is 33.2 Å². The molecule has 18 heavy (non-hydrogen) atoms. The molecule has 0 aliphatic carbocycles. The number of hydrogen-bond acceptors (Lipinski definition) is 5. The maximum atomic E-state index is 5.66. The van der Waals surface area contributed by atoms with Crippen LogP contribution in [-0.4, -0.2) is 21.7 Å². The zero-order valence-electron chi connectivity index (χ0n) is 11.0. The van der Waals surface area contributed by atoms with Crippen LogP contribution < -0.4 is 5.32 Å². The lowest BCUT2D eigenvalue weighted by atomic mass is 10.2. The molecule has 2 aromatic heterocycles. The molecule has 5 heteroatoms. The summed E-state index contributed by atoms with van der Waals surface area (Å²) in [5.41, 5.74) is 1.93. The average Bonchev–Trinajstić information content (AvgIpc) is 2.85. The van der Waals surface area contributed by atoms with Crippen molar-refractivity contribution in [1.82, 2.24) is 20.5 Å². The molecule has 0 fully saturated rings. The topological polar surface area (TPSA) is 63.8 Å². The molecule has 2 rings (SSSR count). The summed E-state index contributed by atoms with van der Waals surface area (Å²) in [6.45, 7) is 7.06. The Balaban J connectivity index is 2.15. The van der Waals surface area contributed by atoms with Crippen molar-refractivity contribution < 1.29 is 4.42 Å². The number of hydrogen-bond donors (Lipinski definition) is 1. The van der Waals surface area contributed by atoms with Gasteiger partial charge < -0.3 is 9.73 Å². The van der Waals surface area contributed by atoms with Gasteiger partial charge in [0.1, 0.15) is 0 Å². The molecular formula is C13H18N4O. The van der Waals surface area contributed by atoms with Gasteiger partial charge in [0.05, 0.1) is 11.6 Å². The van der Waals surface area contributed by atoms with Crippen LogP contribution in [0.5, 0.6) is 0 Å². The highest BCUT2D eigenvalue weighted by Gasteiger charge is 2.14. The van der Waals surface area contributed by atoms with Gasteiger partial charge in [-0.1, -0.05) is 6.92 Å². The van der Waals surface area contributed by atoms with E-state index in [2.05, 4.69) is 27.4 Å². The maximum Gasteiger partial charge on any atom is 0.249 e. The Morgan fingerprint density at radius 1 is 1.33 bits per heavy atom. The van der Waals surface area contributed by atoms with E-state index in [1.807, 2.05) is 19.9 Å². The minimum Gasteiger partial charge on any atom is -0.419 e. The number of nitrogens with one attached hydrogen (secondary N) is 1. The predicted octanol–water partition coefficient (Wildman–Crippen LogP) is 2.50. The third-order valence-corrected chi connectivity index (χ3v) is 2.63. The highest BCUT2D eigenvalue weighted by molar-refractivity contribution is 5.51. The molecule has 0 saturated heterocycles. The molecule has 0 spiro atoms. The van der Waals surface area contributed by atoms with E-state index >= 15 is 0 Å². The van der Waals surface area contributed by atoms with Gasteiger partial charge in [0.25, 0.3) is 0 Å². The highest BCUT2D eigenvalue weighted by atomic mass is 16.4. The highest BCUT2D eigenvalue weighted by Crippen LogP contribution is 2.20. The van der Waals surface area contributed by atoms with Crippen molar-refractivity contribution >= 4 is 0 Å². The van der Waals surface area contributed by atoms with E-state index in [9.17, 15) is 0 Å². The molecule has 1 N–H and O–H groups in total. The molecule has 1 unspecified atom stereocenters. The Kier molecular flexibility index (Phi) is 4.04. The molecule has 0 aliphatic heterocycles. The van der Waals surface area contributed by atoms with E-state index in [1.54, 1.807) is 12.4 Å². The quantitative estimate of drug-likeness (QED) is 0.878. The SMILES string of the molecule is CCCNC(C)c1nnc(-c2cncc(C)c2)o1. The molecule has 1 atom stereocenters. The van der Waals surface area contributed by atoms with Crippen LogP contribution in [0.4, 0.5) is 0 Å². The van der Waals surface area contributed by atoms with Gasteiger partial charge >= 0.3 is 0 Å². The lowest BCUT2D eigenvalue weighted by Gasteiger charge is -2.07. The zero-order chi connectivity index (χ0) is 13.0. The summed E-state index contributed by atoms with van der Waals surface area (Å²) in [7, 11) is 0. The third-order valence-electron chi connectivity index (χ3n) is 2.63. The van der Waals surface area contributed by atoms with Gasteiger partial charge in [0.15, 0.2) is 0 Å². The molecule has 0 saturated carbocycles. The van der Waals surface area contributed by atoms with Crippen LogP contribution in [0.3, 0.4) is 0 Å². The predicted molar refractivity (Wildman–Crippen MR) is 69.0 cm³/mol. The minimum atomic E-state index is 0.0731. The van der Waals surface area contributed by atoms with Crippen LogP contribution in [0.25, 0.3) is 11.5 Å². The largest absolute Gasteiger partial charge is 0.419 e. The molecule has 0 bridgehead atoms. The molecule has 2 aromatic rings. The Hall–Kier alpha value is -1.75. The van der Waals surface area contributed by atoms with Crippen LogP contribution in [0, 0.1) is 6.92 Å². The Morgan fingerprint density at radius 2 is 2.17 bits per heavy atom. The summed E-state index contributed by atoms with van der Waals surface area (Å²) < 4.78 is 5.66. The second-order valence-electron chi connectivity index (χ2n) is 4.37. The fourth-order valence-corrected chi connectivity index (χ4v) is 1.65. The van der Waals surface area contributed by atoms with Crippen molar-refractivity contribution in [1.29, 1.82) is 0 Å². The Bertz CT molecular complexity index is 509. The van der Waals surface area contributed by atoms with Gasteiger partial charge in [0, 0.05) is 12.4 Å². The summed E-state index contributed by atoms with van der Waals surface area (Å²) >= 11 is 0. The average molecular weight is 246 g/mol. The van der Waals surface area contributed by atoms with E-state index in [0.717, 1.165) is 24.1 Å². The zero-order valence-corrected chi connectivity index (χ0v) is 11.0. The Labute approximate surface area is 107 Å². The maximum absolute atomic E-state index is 5.66. The fourth-order valence-electron chi connectivity index (χ4n) is 1.65. The normalized spacial score (nSPS) is 12.6. The van der Waals surface area contributed by atoms with Gasteiger partial charge in [-0.3, -0.25) is 4.98 Å². The van der Waals surface area contributed by atoms with Crippen LogP contribution >= 0.6 is 0 Å². The summed E-state index contributed by atoms with van der Waals surface area (Å²) in [5.74, 6) is 1.13. The first kappa shape index (κ1) is 12.7. The van der Waals surface area contributed by atoms with Crippen LogP contribution in [0.2, 0.25) is 0 Å². The van der Waals surface area contributed by atoms with Crippen LogP contribution in [0.1, 0.15) is 37.8 Å². The number of pyridine rings is 1. The Morgan fingerprint density at radius 3 is 2.89 bits per heavy atom. The molecule has 0 amide bonds. The van der Waals surface area contributed by atoms with Gasteiger partial charge in [-0.15, -0.1) is 10.2 Å². The van der Waals surface area contributed by atoms with Crippen molar-refractivity contribution in [3.63, 3.8) is 0 Å². The van der Waals surface area contributed by atoms with E-state index < -0.39 is 0 Å². The number of aromatic nitrogens is 3. The van der Waals surface area contributed by atoms with Crippen LogP contribution in [0.15, 0.2) is 22.9 Å². The first-order chi connectivity index (χ1) is 8.70. The van der Waals surface area contributed by atoms with E-state index in [0.29, 0.717) is 11.8 Å². The fraction of sp³-hybridized carbons (Fsp3) is 0.462. The van der Waals surface area contributed by atoms with Gasteiger partial charge in [-0.2, -0.15) is 0 Å². The third kappa shape index (κ3) is 2.92. The van der Waals surface area contributed by atoms with E-state index in [1.165, 1.54) is 0 Å². The van der Waals surface area contributed by atoms with Crippen molar-refractivity contribution in [2.75, 3.05) is 6.54 Å². The van der Waals surface area contributed by atoms with Gasteiger partial charge in [0.2, 0.25) is 11.8 Å². The lowest BCUT2D eigenvalue weighted by molar-refractivity contribution is 0.423. The monoisotopic (exact) mass is 246 g/mol. The van der Waals surface area contributed by atoms with Crippen molar-refractivity contribution in [3.8, 4) is 11.5 Å². The second-order valence-corrected chi connectivity index (χ2v) is 4.37. The molecule has 0 aromatic carbocycles. The second kappa shape index (κ2) is 5.73. The van der Waals surface area contributed by atoms with E-state index in [4.69, 9.17) is 4.42 Å². The number of nitrogens with zero attached hydrogens (tertiary/aromatic N) is 3. The lowest BCUT2D eigenvalue weighted by Crippen LogP contribution is -2.19. The molecule has 2 heterocycles. The number of aryl methyl sites for hydroxylation is 1. The summed E-state index contributed by atoms with van der Waals surface area (Å²) in [5, 5.41) is 11.4. The first-order valence-corrected chi connectivity index (χ1v) is 6.19. The molecule has 5 nitrogen and oxygen atoms in total. The minimum absolute atomic E-state index is 0.0731. The van der Waals surface area contributed by atoms with Gasteiger partial charge in [-0.25, -0.2) is 0 Å². The van der Waals surface area contributed by atoms with E-state index in [-0.39, 0.29) is 6.04 Å². The van der Waals surface area contributed by atoms with Crippen LogP contribution in [-0.2, 0) is 0 Å². The summed E-state index contributed by atoms with van der Waals surface area (Å²) in [4.78, 5) is 4.12. The van der Waals surface area contributed by atoms with Gasteiger partial charge in [-0.05, 0) is 38.4 Å². The smallest absolute Gasteiger partial charge is 0.249 e. The standard InChI is InChI=1S/C13H18N4O/c1-4-5-15-10(3)12-16-17-13(18-12)11-6-9(2)7-14-8-11/h6-8,10,15H,4-5H2,1-3H3. The summed E-state index contributed by atoms with van der Waals surface area (Å²) in [6, 6.07) is 2.05. The molecular weight excluding hydrogens is 228 g/mol. The molecule has 96 valence electrons. The first-order valence-electron chi connectivity index (χ1n) is 6.19. The molecule has 0 aliphatic rings. The number of rotatable bonds is 5.